The number of carbonyl (C=O) groups excluding carboxylic acids is 1. The molecule has 134 valence electrons. The van der Waals surface area contributed by atoms with Crippen molar-refractivity contribution in [2.24, 2.45) is 0 Å². The zero-order valence-electron chi connectivity index (χ0n) is 15.2. The number of hydrogen-bond acceptors (Lipinski definition) is 3. The first-order chi connectivity index (χ1) is 12.4. The molecule has 26 heavy (non-hydrogen) atoms. The Morgan fingerprint density at radius 2 is 1.88 bits per heavy atom. The zero-order valence-corrected chi connectivity index (χ0v) is 15.2. The monoisotopic (exact) mass is 349 g/mol. The molecule has 0 fully saturated rings. The summed E-state index contributed by atoms with van der Waals surface area (Å²) < 4.78 is 5.35. The van der Waals surface area contributed by atoms with Crippen LogP contribution in [0.1, 0.15) is 31.9 Å². The minimum absolute atomic E-state index is 0.0911. The molecule has 2 heterocycles. The average molecular weight is 349 g/mol. The maximum atomic E-state index is 12.1. The Balaban J connectivity index is 1.57. The van der Waals surface area contributed by atoms with E-state index >= 15 is 0 Å². The van der Waals surface area contributed by atoms with Gasteiger partial charge in [0.1, 0.15) is 5.69 Å². The molecule has 0 spiro atoms. The van der Waals surface area contributed by atoms with Gasteiger partial charge in [0.25, 0.3) is 0 Å². The lowest BCUT2D eigenvalue weighted by Gasteiger charge is -2.19. The molecule has 2 amide bonds. The lowest BCUT2D eigenvalue weighted by atomic mass is 9.87. The summed E-state index contributed by atoms with van der Waals surface area (Å²) in [6.07, 6.45) is 3.32. The van der Waals surface area contributed by atoms with Crippen molar-refractivity contribution in [1.82, 2.24) is 10.3 Å². The normalized spacial score (nSPS) is 11.2. The summed E-state index contributed by atoms with van der Waals surface area (Å²) in [6.45, 7) is 6.89. The highest BCUT2D eigenvalue weighted by Crippen LogP contribution is 2.23. The van der Waals surface area contributed by atoms with Crippen molar-refractivity contribution < 1.29 is 9.21 Å². The predicted octanol–water partition coefficient (Wildman–Crippen LogP) is 4.96. The quantitative estimate of drug-likeness (QED) is 0.699. The molecular formula is C21H23N3O2. The van der Waals surface area contributed by atoms with Gasteiger partial charge in [-0.05, 0) is 52.9 Å². The van der Waals surface area contributed by atoms with Gasteiger partial charge < -0.3 is 15.1 Å². The topological polar surface area (TPSA) is 67.2 Å². The molecule has 0 aliphatic rings. The standard InChI is InChI=1S/C21H23N3O2/c1-21(2,3)16-6-8-17(9-7-16)24-20(25)23-14-15-10-11-22-18(13-15)19-5-4-12-26-19/h4-13H,14H2,1-3H3,(H2,23,24,25). The van der Waals surface area contributed by atoms with E-state index in [0.717, 1.165) is 16.9 Å². The molecule has 5 heteroatoms. The van der Waals surface area contributed by atoms with Gasteiger partial charge >= 0.3 is 6.03 Å². The number of furan rings is 1. The summed E-state index contributed by atoms with van der Waals surface area (Å²) in [5, 5.41) is 5.71. The van der Waals surface area contributed by atoms with Crippen LogP contribution in [-0.2, 0) is 12.0 Å². The first-order valence-electron chi connectivity index (χ1n) is 8.56. The molecule has 0 radical (unpaired) electrons. The molecule has 0 unspecified atom stereocenters. The van der Waals surface area contributed by atoms with Crippen molar-refractivity contribution in [2.45, 2.75) is 32.7 Å². The zero-order chi connectivity index (χ0) is 18.6. The van der Waals surface area contributed by atoms with Crippen molar-refractivity contribution in [3.05, 3.63) is 72.1 Å². The van der Waals surface area contributed by atoms with Crippen LogP contribution in [0.25, 0.3) is 11.5 Å². The van der Waals surface area contributed by atoms with Gasteiger partial charge in [-0.25, -0.2) is 4.79 Å². The van der Waals surface area contributed by atoms with Crippen molar-refractivity contribution in [3.8, 4) is 11.5 Å². The number of benzene rings is 1. The van der Waals surface area contributed by atoms with E-state index in [1.54, 1.807) is 12.5 Å². The fourth-order valence-electron chi connectivity index (χ4n) is 2.55. The molecule has 0 aliphatic carbocycles. The van der Waals surface area contributed by atoms with Gasteiger partial charge in [0, 0.05) is 18.4 Å². The van der Waals surface area contributed by atoms with E-state index in [0.29, 0.717) is 12.3 Å². The lowest BCUT2D eigenvalue weighted by Crippen LogP contribution is -2.28. The van der Waals surface area contributed by atoms with E-state index in [2.05, 4.69) is 36.4 Å². The van der Waals surface area contributed by atoms with Crippen LogP contribution in [0.4, 0.5) is 10.5 Å². The number of nitrogens with zero attached hydrogens (tertiary/aromatic N) is 1. The maximum absolute atomic E-state index is 12.1. The maximum Gasteiger partial charge on any atom is 0.319 e. The molecule has 2 aromatic heterocycles. The summed E-state index contributed by atoms with van der Waals surface area (Å²) in [4.78, 5) is 16.4. The molecule has 0 bridgehead atoms. The van der Waals surface area contributed by atoms with Crippen LogP contribution in [0.15, 0.2) is 65.4 Å². The molecule has 3 rings (SSSR count). The van der Waals surface area contributed by atoms with Crippen molar-refractivity contribution in [1.29, 1.82) is 0 Å². The summed E-state index contributed by atoms with van der Waals surface area (Å²) >= 11 is 0. The van der Waals surface area contributed by atoms with E-state index in [4.69, 9.17) is 4.42 Å². The number of hydrogen-bond donors (Lipinski definition) is 2. The van der Waals surface area contributed by atoms with E-state index in [9.17, 15) is 4.79 Å². The van der Waals surface area contributed by atoms with Gasteiger partial charge in [0.2, 0.25) is 0 Å². The van der Waals surface area contributed by atoms with Crippen LogP contribution in [0, 0.1) is 0 Å². The van der Waals surface area contributed by atoms with E-state index in [1.165, 1.54) is 5.56 Å². The molecule has 1 aromatic carbocycles. The Morgan fingerprint density at radius 1 is 1.12 bits per heavy atom. The van der Waals surface area contributed by atoms with Crippen molar-refractivity contribution in [3.63, 3.8) is 0 Å². The first-order valence-corrected chi connectivity index (χ1v) is 8.56. The minimum Gasteiger partial charge on any atom is -0.463 e. The van der Waals surface area contributed by atoms with Gasteiger partial charge in [0.15, 0.2) is 5.76 Å². The fourth-order valence-corrected chi connectivity index (χ4v) is 2.55. The number of anilines is 1. The smallest absolute Gasteiger partial charge is 0.319 e. The average Bonchev–Trinajstić information content (AvgIpc) is 3.15. The highest BCUT2D eigenvalue weighted by molar-refractivity contribution is 5.89. The van der Waals surface area contributed by atoms with Gasteiger partial charge in [-0.3, -0.25) is 4.98 Å². The largest absolute Gasteiger partial charge is 0.463 e. The first kappa shape index (κ1) is 17.7. The van der Waals surface area contributed by atoms with E-state index in [1.807, 2.05) is 48.5 Å². The molecule has 2 N–H and O–H groups in total. The fraction of sp³-hybridized carbons (Fsp3) is 0.238. The second kappa shape index (κ2) is 7.44. The van der Waals surface area contributed by atoms with Crippen LogP contribution in [0.5, 0.6) is 0 Å². The molecular weight excluding hydrogens is 326 g/mol. The Hall–Kier alpha value is -3.08. The van der Waals surface area contributed by atoms with Crippen LogP contribution < -0.4 is 10.6 Å². The SMILES string of the molecule is CC(C)(C)c1ccc(NC(=O)NCc2ccnc(-c3ccco3)c2)cc1. The molecule has 3 aromatic rings. The second-order valence-electron chi connectivity index (χ2n) is 7.16. The van der Waals surface area contributed by atoms with Gasteiger partial charge in [0.05, 0.1) is 6.26 Å². The molecule has 0 saturated carbocycles. The third kappa shape index (κ3) is 4.51. The molecule has 0 atom stereocenters. The Kier molecular flexibility index (Phi) is 5.07. The molecule has 0 saturated heterocycles. The number of carbonyl (C=O) groups is 1. The van der Waals surface area contributed by atoms with Crippen LogP contribution in [-0.4, -0.2) is 11.0 Å². The minimum atomic E-state index is -0.245. The van der Waals surface area contributed by atoms with Crippen molar-refractivity contribution in [2.75, 3.05) is 5.32 Å². The number of pyridine rings is 1. The van der Waals surface area contributed by atoms with Crippen LogP contribution >= 0.6 is 0 Å². The van der Waals surface area contributed by atoms with Gasteiger partial charge in [-0.1, -0.05) is 32.9 Å². The summed E-state index contributed by atoms with van der Waals surface area (Å²) in [6, 6.07) is 15.1. The number of urea groups is 1. The van der Waals surface area contributed by atoms with Crippen molar-refractivity contribution >= 4 is 11.7 Å². The summed E-state index contributed by atoms with van der Waals surface area (Å²) in [5.74, 6) is 0.704. The highest BCUT2D eigenvalue weighted by Gasteiger charge is 2.13. The molecule has 0 aliphatic heterocycles. The Labute approximate surface area is 153 Å². The van der Waals surface area contributed by atoms with E-state index < -0.39 is 0 Å². The number of nitrogens with one attached hydrogen (secondary N) is 2. The Morgan fingerprint density at radius 3 is 2.54 bits per heavy atom. The summed E-state index contributed by atoms with van der Waals surface area (Å²) in [5.41, 5.74) is 3.78. The number of amides is 2. The third-order valence-corrected chi connectivity index (χ3v) is 4.06. The van der Waals surface area contributed by atoms with Gasteiger partial charge in [-0.2, -0.15) is 0 Å². The summed E-state index contributed by atoms with van der Waals surface area (Å²) in [7, 11) is 0. The van der Waals surface area contributed by atoms with Crippen LogP contribution in [0.3, 0.4) is 0 Å². The second-order valence-corrected chi connectivity index (χ2v) is 7.16. The lowest BCUT2D eigenvalue weighted by molar-refractivity contribution is 0.251. The highest BCUT2D eigenvalue weighted by atomic mass is 16.3. The predicted molar refractivity (Wildman–Crippen MR) is 103 cm³/mol. The third-order valence-electron chi connectivity index (χ3n) is 4.06. The number of aromatic nitrogens is 1. The number of rotatable bonds is 4. The van der Waals surface area contributed by atoms with Crippen LogP contribution in [0.2, 0.25) is 0 Å². The molecule has 5 nitrogen and oxygen atoms in total. The van der Waals surface area contributed by atoms with Gasteiger partial charge in [-0.15, -0.1) is 0 Å². The Bertz CT molecular complexity index is 863. The van der Waals surface area contributed by atoms with E-state index in [-0.39, 0.29) is 11.4 Å².